The fraction of sp³-hybridized carbons (Fsp3) is 0.400. The van der Waals surface area contributed by atoms with Crippen LogP contribution in [0.4, 0.5) is 10.2 Å². The minimum Gasteiger partial charge on any atom is -0.237 e. The number of hydrogen-bond acceptors (Lipinski definition) is 2. The van der Waals surface area contributed by atoms with E-state index in [9.17, 15) is 4.39 Å². The van der Waals surface area contributed by atoms with Crippen molar-refractivity contribution in [3.05, 3.63) is 22.6 Å². The Bertz CT molecular complexity index is 438. The highest BCUT2D eigenvalue weighted by Crippen LogP contribution is 2.39. The summed E-state index contributed by atoms with van der Waals surface area (Å²) in [6.07, 6.45) is 0. The van der Waals surface area contributed by atoms with Gasteiger partial charge in [-0.25, -0.2) is 14.4 Å². The Kier molecular flexibility index (Phi) is 1.89. The Labute approximate surface area is 86.8 Å². The van der Waals surface area contributed by atoms with Crippen molar-refractivity contribution >= 4 is 23.1 Å². The van der Waals surface area contributed by atoms with Crippen molar-refractivity contribution in [2.24, 2.45) is 4.99 Å². The van der Waals surface area contributed by atoms with Gasteiger partial charge in [0.25, 0.3) is 0 Å². The first-order valence-electron chi connectivity index (χ1n) is 4.35. The first kappa shape index (κ1) is 9.59. The van der Waals surface area contributed by atoms with Crippen molar-refractivity contribution in [3.8, 4) is 0 Å². The summed E-state index contributed by atoms with van der Waals surface area (Å²) in [7, 11) is 0. The lowest BCUT2D eigenvalue weighted by Gasteiger charge is -2.19. The van der Waals surface area contributed by atoms with E-state index in [0.717, 1.165) is 11.3 Å². The van der Waals surface area contributed by atoms with E-state index < -0.39 is 5.82 Å². The molecule has 1 aliphatic rings. The number of aliphatic imine (C=N–C) groups is 1. The van der Waals surface area contributed by atoms with E-state index in [1.54, 1.807) is 0 Å². The molecule has 0 radical (unpaired) electrons. The summed E-state index contributed by atoms with van der Waals surface area (Å²) >= 11 is 5.58. The second-order valence-corrected chi connectivity index (χ2v) is 4.31. The molecule has 0 fully saturated rings. The number of rotatable bonds is 0. The lowest BCUT2D eigenvalue weighted by molar-refractivity contribution is 0.613. The van der Waals surface area contributed by atoms with E-state index >= 15 is 0 Å². The standard InChI is InChI=1S/C10H10ClFN2/c1-5-10(2,3)6-4-7(12)8(11)14-9(6)13-5/h4H,1-3H3. The molecule has 2 nitrogen and oxygen atoms in total. The average molecular weight is 213 g/mol. The molecule has 2 heterocycles. The minimum atomic E-state index is -0.483. The zero-order valence-corrected chi connectivity index (χ0v) is 8.98. The van der Waals surface area contributed by atoms with Crippen LogP contribution in [-0.2, 0) is 5.41 Å². The molecule has 4 heteroatoms. The van der Waals surface area contributed by atoms with Crippen LogP contribution in [0.15, 0.2) is 11.1 Å². The van der Waals surface area contributed by atoms with Gasteiger partial charge >= 0.3 is 0 Å². The van der Waals surface area contributed by atoms with Crippen LogP contribution in [-0.4, -0.2) is 10.7 Å². The van der Waals surface area contributed by atoms with E-state index in [2.05, 4.69) is 9.98 Å². The number of fused-ring (bicyclic) bond motifs is 1. The van der Waals surface area contributed by atoms with Gasteiger partial charge < -0.3 is 0 Å². The number of hydrogen-bond donors (Lipinski definition) is 0. The molecular formula is C10H10ClFN2. The highest BCUT2D eigenvalue weighted by atomic mass is 35.5. The SMILES string of the molecule is CC1=Nc2nc(Cl)c(F)cc2C1(C)C. The van der Waals surface area contributed by atoms with Gasteiger partial charge in [0, 0.05) is 16.7 Å². The normalized spacial score (nSPS) is 17.9. The topological polar surface area (TPSA) is 25.2 Å². The molecule has 0 aromatic carbocycles. The van der Waals surface area contributed by atoms with Crippen LogP contribution in [0.25, 0.3) is 0 Å². The minimum absolute atomic E-state index is 0.113. The number of halogens is 2. The fourth-order valence-electron chi connectivity index (χ4n) is 1.50. The predicted octanol–water partition coefficient (Wildman–Crippen LogP) is 3.26. The molecule has 0 N–H and O–H groups in total. The molecule has 0 spiro atoms. The Hall–Kier alpha value is -0.960. The second kappa shape index (κ2) is 2.76. The lowest BCUT2D eigenvalue weighted by atomic mass is 9.83. The molecule has 1 aromatic heterocycles. The monoisotopic (exact) mass is 212 g/mol. The third kappa shape index (κ3) is 1.16. The van der Waals surface area contributed by atoms with E-state index in [1.807, 2.05) is 20.8 Å². The van der Waals surface area contributed by atoms with Crippen molar-refractivity contribution in [2.45, 2.75) is 26.2 Å². The Morgan fingerprint density at radius 1 is 1.43 bits per heavy atom. The van der Waals surface area contributed by atoms with Crippen LogP contribution in [0.5, 0.6) is 0 Å². The van der Waals surface area contributed by atoms with Crippen LogP contribution in [0.2, 0.25) is 5.15 Å². The van der Waals surface area contributed by atoms with Crippen molar-refractivity contribution < 1.29 is 4.39 Å². The Morgan fingerprint density at radius 3 is 2.71 bits per heavy atom. The molecule has 0 aliphatic carbocycles. The zero-order chi connectivity index (χ0) is 10.5. The maximum atomic E-state index is 13.2. The lowest BCUT2D eigenvalue weighted by Crippen LogP contribution is -2.22. The van der Waals surface area contributed by atoms with Gasteiger partial charge in [-0.15, -0.1) is 0 Å². The van der Waals surface area contributed by atoms with Gasteiger partial charge in [-0.05, 0) is 13.0 Å². The zero-order valence-electron chi connectivity index (χ0n) is 8.23. The quantitative estimate of drug-likeness (QED) is 0.606. The summed E-state index contributed by atoms with van der Waals surface area (Å²) in [5.41, 5.74) is 1.49. The largest absolute Gasteiger partial charge is 0.237 e. The van der Waals surface area contributed by atoms with E-state index in [4.69, 9.17) is 11.6 Å². The molecule has 0 unspecified atom stereocenters. The molecule has 0 amide bonds. The van der Waals surface area contributed by atoms with E-state index in [1.165, 1.54) is 6.07 Å². The molecule has 14 heavy (non-hydrogen) atoms. The van der Waals surface area contributed by atoms with Gasteiger partial charge in [-0.2, -0.15) is 0 Å². The molecular weight excluding hydrogens is 203 g/mol. The first-order chi connectivity index (χ1) is 6.43. The maximum Gasteiger partial charge on any atom is 0.167 e. The van der Waals surface area contributed by atoms with Crippen molar-refractivity contribution in [1.82, 2.24) is 4.98 Å². The van der Waals surface area contributed by atoms with Crippen LogP contribution in [0, 0.1) is 5.82 Å². The first-order valence-corrected chi connectivity index (χ1v) is 4.73. The summed E-state index contributed by atoms with van der Waals surface area (Å²) in [4.78, 5) is 8.16. The molecule has 0 atom stereocenters. The molecule has 74 valence electrons. The second-order valence-electron chi connectivity index (χ2n) is 3.95. The van der Waals surface area contributed by atoms with Gasteiger partial charge in [0.1, 0.15) is 0 Å². The molecule has 0 bridgehead atoms. The van der Waals surface area contributed by atoms with Gasteiger partial charge in [0.15, 0.2) is 16.8 Å². The van der Waals surface area contributed by atoms with Crippen LogP contribution in [0.1, 0.15) is 26.3 Å². The third-order valence-electron chi connectivity index (χ3n) is 2.76. The number of pyridine rings is 1. The number of nitrogens with zero attached hydrogens (tertiary/aromatic N) is 2. The van der Waals surface area contributed by atoms with Crippen molar-refractivity contribution in [1.29, 1.82) is 0 Å². The predicted molar refractivity (Wildman–Crippen MR) is 55.0 cm³/mol. The summed E-state index contributed by atoms with van der Waals surface area (Å²) in [6, 6.07) is 1.42. The molecule has 1 aromatic rings. The van der Waals surface area contributed by atoms with Crippen molar-refractivity contribution in [2.75, 3.05) is 0 Å². The number of aromatic nitrogens is 1. The Morgan fingerprint density at radius 2 is 2.07 bits per heavy atom. The molecule has 1 aliphatic heterocycles. The molecule has 0 saturated heterocycles. The van der Waals surface area contributed by atoms with Gasteiger partial charge in [0.05, 0.1) is 0 Å². The maximum absolute atomic E-state index is 13.2. The van der Waals surface area contributed by atoms with Crippen LogP contribution >= 0.6 is 11.6 Å². The highest BCUT2D eigenvalue weighted by Gasteiger charge is 2.34. The third-order valence-corrected chi connectivity index (χ3v) is 3.03. The smallest absolute Gasteiger partial charge is 0.167 e. The fourth-order valence-corrected chi connectivity index (χ4v) is 1.63. The van der Waals surface area contributed by atoms with Crippen LogP contribution in [0.3, 0.4) is 0 Å². The van der Waals surface area contributed by atoms with E-state index in [0.29, 0.717) is 5.82 Å². The highest BCUT2D eigenvalue weighted by molar-refractivity contribution is 6.29. The molecule has 0 saturated carbocycles. The van der Waals surface area contributed by atoms with E-state index in [-0.39, 0.29) is 10.6 Å². The molecule has 2 rings (SSSR count). The van der Waals surface area contributed by atoms with Gasteiger partial charge in [-0.1, -0.05) is 25.4 Å². The van der Waals surface area contributed by atoms with Gasteiger partial charge in [-0.3, -0.25) is 0 Å². The summed E-state index contributed by atoms with van der Waals surface area (Å²) in [5, 5.41) is -0.113. The summed E-state index contributed by atoms with van der Waals surface area (Å²) in [6.45, 7) is 5.90. The van der Waals surface area contributed by atoms with Gasteiger partial charge in [0.2, 0.25) is 0 Å². The average Bonchev–Trinajstić information content (AvgIpc) is 2.28. The summed E-state index contributed by atoms with van der Waals surface area (Å²) < 4.78 is 13.2. The van der Waals surface area contributed by atoms with Crippen LogP contribution < -0.4 is 0 Å². The summed E-state index contributed by atoms with van der Waals surface area (Å²) in [5.74, 6) is 0.0577. The Balaban J connectivity index is 2.69. The van der Waals surface area contributed by atoms with Crippen molar-refractivity contribution in [3.63, 3.8) is 0 Å².